The van der Waals surface area contributed by atoms with Crippen LogP contribution in [0.5, 0.6) is 0 Å². The molecule has 0 aromatic heterocycles. The van der Waals surface area contributed by atoms with E-state index in [1.807, 2.05) is 0 Å². The van der Waals surface area contributed by atoms with Crippen LogP contribution in [0.3, 0.4) is 0 Å². The van der Waals surface area contributed by atoms with Crippen molar-refractivity contribution in [2.45, 2.75) is 58.5 Å². The van der Waals surface area contributed by atoms with Gasteiger partial charge in [-0.1, -0.05) is 43.2 Å². The zero-order chi connectivity index (χ0) is 17.5. The van der Waals surface area contributed by atoms with E-state index in [0.717, 1.165) is 37.6 Å². The van der Waals surface area contributed by atoms with E-state index in [2.05, 4.69) is 53.6 Å². The first-order valence-corrected chi connectivity index (χ1v) is 10.1. The molecule has 1 saturated carbocycles. The van der Waals surface area contributed by atoms with Gasteiger partial charge in [-0.15, -0.1) is 0 Å². The van der Waals surface area contributed by atoms with Crippen LogP contribution in [0.25, 0.3) is 0 Å². The molecule has 2 aliphatic rings. The molecule has 1 unspecified atom stereocenters. The molecule has 0 radical (unpaired) electrons. The summed E-state index contributed by atoms with van der Waals surface area (Å²) in [7, 11) is 0. The van der Waals surface area contributed by atoms with Crippen molar-refractivity contribution in [3.63, 3.8) is 0 Å². The molecule has 1 atom stereocenters. The van der Waals surface area contributed by atoms with Crippen molar-refractivity contribution < 1.29 is 0 Å². The van der Waals surface area contributed by atoms with Crippen LogP contribution in [-0.2, 0) is 6.54 Å². The minimum absolute atomic E-state index is 0.737. The summed E-state index contributed by atoms with van der Waals surface area (Å²) in [5.41, 5.74) is 2.57. The van der Waals surface area contributed by atoms with Crippen molar-refractivity contribution in [1.82, 2.24) is 15.5 Å². The Kier molecular flexibility index (Phi) is 6.74. The topological polar surface area (TPSA) is 39.7 Å². The minimum Gasteiger partial charge on any atom is -0.356 e. The van der Waals surface area contributed by atoms with Crippen LogP contribution < -0.4 is 10.6 Å². The van der Waals surface area contributed by atoms with E-state index in [-0.39, 0.29) is 0 Å². The first kappa shape index (κ1) is 18.2. The van der Waals surface area contributed by atoms with Gasteiger partial charge in [-0.3, -0.25) is 0 Å². The molecule has 1 heterocycles. The van der Waals surface area contributed by atoms with E-state index in [1.54, 1.807) is 0 Å². The third kappa shape index (κ3) is 6.03. The second-order valence-corrected chi connectivity index (χ2v) is 7.69. The number of rotatable bonds is 8. The molecule has 1 aliphatic carbocycles. The second-order valence-electron chi connectivity index (χ2n) is 7.69. The lowest BCUT2D eigenvalue weighted by Crippen LogP contribution is -2.40. The van der Waals surface area contributed by atoms with Gasteiger partial charge in [0.05, 0.1) is 6.54 Å². The zero-order valence-corrected chi connectivity index (χ0v) is 15.9. The van der Waals surface area contributed by atoms with Crippen molar-refractivity contribution in [2.24, 2.45) is 10.9 Å². The first-order valence-electron chi connectivity index (χ1n) is 10.1. The molecular formula is C21H34N4. The molecule has 4 heteroatoms. The predicted octanol–water partition coefficient (Wildman–Crippen LogP) is 3.31. The Morgan fingerprint density at radius 1 is 1.16 bits per heavy atom. The fourth-order valence-electron chi connectivity index (χ4n) is 3.46. The van der Waals surface area contributed by atoms with E-state index in [0.29, 0.717) is 0 Å². The molecule has 25 heavy (non-hydrogen) atoms. The van der Waals surface area contributed by atoms with Crippen LogP contribution in [0.2, 0.25) is 0 Å². The number of hydrogen-bond acceptors (Lipinski definition) is 2. The number of nitrogens with one attached hydrogen (secondary N) is 2. The van der Waals surface area contributed by atoms with Crippen LogP contribution in [0.4, 0.5) is 0 Å². The van der Waals surface area contributed by atoms with Gasteiger partial charge in [0.1, 0.15) is 0 Å². The average molecular weight is 343 g/mol. The molecule has 0 bridgehead atoms. The molecule has 2 N–H and O–H groups in total. The number of aryl methyl sites for hydroxylation is 1. The van der Waals surface area contributed by atoms with E-state index in [1.165, 1.54) is 56.3 Å². The minimum atomic E-state index is 0.737. The van der Waals surface area contributed by atoms with E-state index in [4.69, 9.17) is 4.99 Å². The lowest BCUT2D eigenvalue weighted by Gasteiger charge is -2.17. The van der Waals surface area contributed by atoms with Gasteiger partial charge in [0.2, 0.25) is 0 Å². The summed E-state index contributed by atoms with van der Waals surface area (Å²) in [6.07, 6.45) is 6.55. The largest absolute Gasteiger partial charge is 0.356 e. The fourth-order valence-corrected chi connectivity index (χ4v) is 3.46. The maximum Gasteiger partial charge on any atom is 0.191 e. The lowest BCUT2D eigenvalue weighted by atomic mass is 10.1. The van der Waals surface area contributed by atoms with Crippen molar-refractivity contribution in [2.75, 3.05) is 26.2 Å². The lowest BCUT2D eigenvalue weighted by molar-refractivity contribution is 0.314. The van der Waals surface area contributed by atoms with Crippen LogP contribution >= 0.6 is 0 Å². The number of nitrogens with zero attached hydrogens (tertiary/aromatic N) is 2. The Balaban J connectivity index is 1.49. The number of benzene rings is 1. The van der Waals surface area contributed by atoms with Crippen LogP contribution in [0.1, 0.15) is 50.2 Å². The van der Waals surface area contributed by atoms with Crippen LogP contribution in [-0.4, -0.2) is 43.1 Å². The summed E-state index contributed by atoms with van der Waals surface area (Å²) in [5, 5.41) is 7.09. The molecular weight excluding hydrogens is 308 g/mol. The highest BCUT2D eigenvalue weighted by molar-refractivity contribution is 5.79. The maximum absolute atomic E-state index is 4.80. The number of aliphatic imine (C=N–C) groups is 1. The van der Waals surface area contributed by atoms with Crippen LogP contribution in [0, 0.1) is 12.8 Å². The zero-order valence-electron chi connectivity index (χ0n) is 15.9. The first-order chi connectivity index (χ1) is 12.2. The number of likely N-dealkylation sites (tertiary alicyclic amines) is 1. The Hall–Kier alpha value is -1.55. The Morgan fingerprint density at radius 3 is 2.68 bits per heavy atom. The molecule has 1 saturated heterocycles. The molecule has 1 aromatic carbocycles. The predicted molar refractivity (Wildman–Crippen MR) is 106 cm³/mol. The number of guanidine groups is 1. The summed E-state index contributed by atoms with van der Waals surface area (Å²) in [4.78, 5) is 7.48. The summed E-state index contributed by atoms with van der Waals surface area (Å²) in [5.74, 6) is 1.73. The van der Waals surface area contributed by atoms with Gasteiger partial charge in [-0.25, -0.2) is 4.99 Å². The molecule has 3 rings (SSSR count). The third-order valence-corrected chi connectivity index (χ3v) is 5.30. The van der Waals surface area contributed by atoms with Crippen LogP contribution in [0.15, 0.2) is 29.3 Å². The highest BCUT2D eigenvalue weighted by Gasteiger charge is 2.34. The van der Waals surface area contributed by atoms with Gasteiger partial charge >= 0.3 is 0 Å². The molecule has 1 aromatic rings. The third-order valence-electron chi connectivity index (χ3n) is 5.30. The van der Waals surface area contributed by atoms with Gasteiger partial charge in [-0.2, -0.15) is 0 Å². The normalized spacial score (nSPS) is 21.5. The van der Waals surface area contributed by atoms with Crippen molar-refractivity contribution in [1.29, 1.82) is 0 Å². The highest BCUT2D eigenvalue weighted by Crippen LogP contribution is 2.31. The Bertz CT molecular complexity index is 548. The summed E-state index contributed by atoms with van der Waals surface area (Å²) < 4.78 is 0. The molecule has 2 fully saturated rings. The summed E-state index contributed by atoms with van der Waals surface area (Å²) >= 11 is 0. The second kappa shape index (κ2) is 9.23. The van der Waals surface area contributed by atoms with Crippen molar-refractivity contribution in [3.8, 4) is 0 Å². The number of unbranched alkanes of at least 4 members (excludes halogenated alkanes) is 1. The van der Waals surface area contributed by atoms with Crippen molar-refractivity contribution in [3.05, 3.63) is 35.4 Å². The van der Waals surface area contributed by atoms with Gasteiger partial charge in [-0.05, 0) is 50.6 Å². The Morgan fingerprint density at radius 2 is 1.96 bits per heavy atom. The van der Waals surface area contributed by atoms with Gasteiger partial charge in [0, 0.05) is 25.7 Å². The molecule has 138 valence electrons. The van der Waals surface area contributed by atoms with Gasteiger partial charge < -0.3 is 15.5 Å². The molecule has 0 spiro atoms. The van der Waals surface area contributed by atoms with Crippen molar-refractivity contribution >= 4 is 5.96 Å². The summed E-state index contributed by atoms with van der Waals surface area (Å²) in [6, 6.07) is 9.57. The molecule has 1 aliphatic heterocycles. The smallest absolute Gasteiger partial charge is 0.191 e. The van der Waals surface area contributed by atoms with E-state index < -0.39 is 0 Å². The van der Waals surface area contributed by atoms with E-state index in [9.17, 15) is 0 Å². The standard InChI is InChI=1S/C21H34N4/c1-3-4-12-22-21(23-14-18-7-5-17(2)6-8-18)24-15-19-11-13-25(16-19)20-9-10-20/h5-8,19-20H,3-4,9-16H2,1-2H3,(H2,22,23,24). The molecule has 0 amide bonds. The quantitative estimate of drug-likeness (QED) is 0.432. The maximum atomic E-state index is 4.80. The van der Waals surface area contributed by atoms with Gasteiger partial charge in [0.15, 0.2) is 5.96 Å². The fraction of sp³-hybridized carbons (Fsp3) is 0.667. The van der Waals surface area contributed by atoms with E-state index >= 15 is 0 Å². The monoisotopic (exact) mass is 342 g/mol. The van der Waals surface area contributed by atoms with Gasteiger partial charge in [0.25, 0.3) is 0 Å². The SMILES string of the molecule is CCCCNC(=NCc1ccc(C)cc1)NCC1CCN(C2CC2)C1. The molecule has 4 nitrogen and oxygen atoms in total. The average Bonchev–Trinajstić information content (AvgIpc) is 3.37. The number of hydrogen-bond donors (Lipinski definition) is 2. The Labute approximate surface area is 153 Å². The summed E-state index contributed by atoms with van der Waals surface area (Å²) in [6.45, 7) is 9.67. The highest BCUT2D eigenvalue weighted by atomic mass is 15.2.